The molecular weight excluding hydrogens is 390 g/mol. The van der Waals surface area contributed by atoms with E-state index >= 15 is 0 Å². The number of carbonyl (C=O) groups excluding carboxylic acids is 2. The predicted octanol–water partition coefficient (Wildman–Crippen LogP) is 3.39. The zero-order valence-electron chi connectivity index (χ0n) is 12.5. The van der Waals surface area contributed by atoms with Crippen molar-refractivity contribution in [3.63, 3.8) is 0 Å². The third-order valence-electron chi connectivity index (χ3n) is 2.38. The second-order valence-electron chi connectivity index (χ2n) is 4.12. The van der Waals surface area contributed by atoms with Crippen LogP contribution in [-0.2, 0) is 19.0 Å². The average molecular weight is 402 g/mol. The molecule has 0 unspecified atom stereocenters. The second-order valence-corrected chi connectivity index (χ2v) is 6.63. The standard InChI is InChI=1S/C14H12Cl3FO6/c1-21-6-10(12(19)22-2)24-9-5-3-4-8(18)11(9)13(20)23-7-14(15,16)17/h3-6H,7H2,1-2H3/b10-6+. The first-order chi connectivity index (χ1) is 11.2. The van der Waals surface area contributed by atoms with Gasteiger partial charge in [0.2, 0.25) is 9.55 Å². The molecule has 0 heterocycles. The van der Waals surface area contributed by atoms with Crippen LogP contribution in [0.15, 0.2) is 30.2 Å². The molecule has 0 amide bonds. The lowest BCUT2D eigenvalue weighted by atomic mass is 10.2. The highest BCUT2D eigenvalue weighted by atomic mass is 35.6. The summed E-state index contributed by atoms with van der Waals surface area (Å²) in [5.74, 6) is -3.72. The minimum absolute atomic E-state index is 0.307. The van der Waals surface area contributed by atoms with Crippen LogP contribution in [0.5, 0.6) is 5.75 Å². The smallest absolute Gasteiger partial charge is 0.377 e. The third-order valence-corrected chi connectivity index (χ3v) is 2.71. The van der Waals surface area contributed by atoms with Gasteiger partial charge in [-0.15, -0.1) is 0 Å². The summed E-state index contributed by atoms with van der Waals surface area (Å²) in [4.78, 5) is 23.6. The topological polar surface area (TPSA) is 71.1 Å². The first-order valence-corrected chi connectivity index (χ1v) is 7.34. The zero-order valence-corrected chi connectivity index (χ0v) is 14.7. The fourth-order valence-electron chi connectivity index (χ4n) is 1.45. The van der Waals surface area contributed by atoms with Crippen LogP contribution in [0.4, 0.5) is 4.39 Å². The van der Waals surface area contributed by atoms with Gasteiger partial charge in [-0.25, -0.2) is 14.0 Å². The Morgan fingerprint density at radius 2 is 1.92 bits per heavy atom. The van der Waals surface area contributed by atoms with Crippen LogP contribution in [-0.4, -0.2) is 36.6 Å². The zero-order chi connectivity index (χ0) is 18.3. The van der Waals surface area contributed by atoms with Crippen molar-refractivity contribution in [2.45, 2.75) is 3.79 Å². The van der Waals surface area contributed by atoms with E-state index in [1.807, 2.05) is 0 Å². The molecule has 0 fully saturated rings. The number of esters is 2. The number of alkyl halides is 3. The van der Waals surface area contributed by atoms with Crippen molar-refractivity contribution in [1.82, 2.24) is 0 Å². The number of hydrogen-bond acceptors (Lipinski definition) is 6. The highest BCUT2D eigenvalue weighted by Gasteiger charge is 2.27. The van der Waals surface area contributed by atoms with Gasteiger partial charge >= 0.3 is 11.9 Å². The van der Waals surface area contributed by atoms with E-state index in [4.69, 9.17) is 44.3 Å². The minimum atomic E-state index is -1.87. The largest absolute Gasteiger partial charge is 0.500 e. The Hall–Kier alpha value is -1.70. The molecule has 10 heteroatoms. The molecule has 0 aliphatic heterocycles. The number of carbonyl (C=O) groups is 2. The summed E-state index contributed by atoms with van der Waals surface area (Å²) in [7, 11) is 2.37. The van der Waals surface area contributed by atoms with Crippen LogP contribution < -0.4 is 4.74 Å². The SMILES string of the molecule is CO/C=C(/Oc1cccc(F)c1C(=O)OCC(Cl)(Cl)Cl)C(=O)OC. The van der Waals surface area contributed by atoms with Crippen molar-refractivity contribution in [1.29, 1.82) is 0 Å². The Morgan fingerprint density at radius 1 is 1.25 bits per heavy atom. The van der Waals surface area contributed by atoms with Crippen LogP contribution in [0.25, 0.3) is 0 Å². The van der Waals surface area contributed by atoms with E-state index in [1.54, 1.807) is 0 Å². The molecule has 0 spiro atoms. The molecule has 0 radical (unpaired) electrons. The van der Waals surface area contributed by atoms with Gasteiger partial charge in [-0.1, -0.05) is 40.9 Å². The van der Waals surface area contributed by atoms with E-state index in [0.29, 0.717) is 0 Å². The third kappa shape index (κ3) is 6.07. The lowest BCUT2D eigenvalue weighted by Gasteiger charge is -2.14. The van der Waals surface area contributed by atoms with Crippen LogP contribution in [0.2, 0.25) is 0 Å². The van der Waals surface area contributed by atoms with E-state index < -0.39 is 39.5 Å². The summed E-state index contributed by atoms with van der Waals surface area (Å²) in [6.45, 7) is -0.609. The number of rotatable bonds is 6. The van der Waals surface area contributed by atoms with Gasteiger partial charge in [0.25, 0.3) is 0 Å². The van der Waals surface area contributed by atoms with Gasteiger partial charge in [-0.05, 0) is 12.1 Å². The number of methoxy groups -OCH3 is 2. The van der Waals surface area contributed by atoms with E-state index in [-0.39, 0.29) is 5.75 Å². The van der Waals surface area contributed by atoms with Gasteiger partial charge < -0.3 is 18.9 Å². The Bertz CT molecular complexity index is 642. The maximum absolute atomic E-state index is 14.0. The van der Waals surface area contributed by atoms with Crippen LogP contribution in [0.3, 0.4) is 0 Å². The lowest BCUT2D eigenvalue weighted by Crippen LogP contribution is -2.19. The fourth-order valence-corrected chi connectivity index (χ4v) is 1.61. The Morgan fingerprint density at radius 3 is 2.46 bits per heavy atom. The molecular formula is C14H12Cl3FO6. The number of ether oxygens (including phenoxy) is 4. The predicted molar refractivity (Wildman–Crippen MR) is 84.7 cm³/mol. The summed E-state index contributed by atoms with van der Waals surface area (Å²) < 4.78 is 31.2. The van der Waals surface area contributed by atoms with Crippen molar-refractivity contribution in [2.24, 2.45) is 0 Å². The second kappa shape index (κ2) is 8.96. The molecule has 0 aliphatic rings. The molecule has 0 aliphatic carbocycles. The molecule has 0 N–H and O–H groups in total. The van der Waals surface area contributed by atoms with Gasteiger partial charge in [-0.2, -0.15) is 0 Å². The summed E-state index contributed by atoms with van der Waals surface area (Å²) in [5.41, 5.74) is -0.586. The van der Waals surface area contributed by atoms with Crippen molar-refractivity contribution in [2.75, 3.05) is 20.8 Å². The monoisotopic (exact) mass is 400 g/mol. The molecule has 132 valence electrons. The quantitative estimate of drug-likeness (QED) is 0.315. The number of benzene rings is 1. The summed E-state index contributed by atoms with van der Waals surface area (Å²) in [5, 5.41) is 0. The normalized spacial score (nSPS) is 11.7. The van der Waals surface area contributed by atoms with Gasteiger partial charge in [0.15, 0.2) is 0 Å². The molecule has 1 aromatic carbocycles. The van der Waals surface area contributed by atoms with Crippen LogP contribution in [0.1, 0.15) is 10.4 Å². The first kappa shape index (κ1) is 20.3. The highest BCUT2D eigenvalue weighted by molar-refractivity contribution is 6.67. The summed E-state index contributed by atoms with van der Waals surface area (Å²) >= 11 is 16.4. The Balaban J connectivity index is 3.12. The van der Waals surface area contributed by atoms with E-state index in [2.05, 4.69) is 9.47 Å². The van der Waals surface area contributed by atoms with Crippen molar-refractivity contribution < 1.29 is 32.9 Å². The molecule has 1 aromatic rings. The summed E-state index contributed by atoms with van der Waals surface area (Å²) in [6.07, 6.45) is 0.924. The van der Waals surface area contributed by atoms with Crippen LogP contribution >= 0.6 is 34.8 Å². The molecule has 0 saturated heterocycles. The van der Waals surface area contributed by atoms with Gasteiger partial charge in [0.1, 0.15) is 30.0 Å². The van der Waals surface area contributed by atoms with Gasteiger partial charge in [0.05, 0.1) is 14.2 Å². The molecule has 0 atom stereocenters. The molecule has 24 heavy (non-hydrogen) atoms. The van der Waals surface area contributed by atoms with E-state index in [0.717, 1.165) is 19.4 Å². The molecule has 6 nitrogen and oxygen atoms in total. The van der Waals surface area contributed by atoms with E-state index in [1.165, 1.54) is 19.2 Å². The minimum Gasteiger partial charge on any atom is -0.500 e. The lowest BCUT2D eigenvalue weighted by molar-refractivity contribution is -0.138. The van der Waals surface area contributed by atoms with Crippen molar-refractivity contribution >= 4 is 46.7 Å². The Labute approximate surface area is 152 Å². The molecule has 0 saturated carbocycles. The maximum atomic E-state index is 14.0. The summed E-state index contributed by atoms with van der Waals surface area (Å²) in [6, 6.07) is 3.50. The number of hydrogen-bond donors (Lipinski definition) is 0. The highest BCUT2D eigenvalue weighted by Crippen LogP contribution is 2.29. The average Bonchev–Trinajstić information content (AvgIpc) is 2.51. The first-order valence-electron chi connectivity index (χ1n) is 6.21. The van der Waals surface area contributed by atoms with E-state index in [9.17, 15) is 14.0 Å². The fraction of sp³-hybridized carbons (Fsp3) is 0.286. The van der Waals surface area contributed by atoms with Gasteiger partial charge in [0, 0.05) is 0 Å². The molecule has 0 aromatic heterocycles. The van der Waals surface area contributed by atoms with Gasteiger partial charge in [-0.3, -0.25) is 0 Å². The molecule has 0 bridgehead atoms. The maximum Gasteiger partial charge on any atom is 0.377 e. The number of halogens is 4. The van der Waals surface area contributed by atoms with Crippen molar-refractivity contribution in [3.05, 3.63) is 41.6 Å². The van der Waals surface area contributed by atoms with Crippen molar-refractivity contribution in [3.8, 4) is 5.75 Å². The Kier molecular flexibility index (Phi) is 7.59. The molecule has 1 rings (SSSR count). The van der Waals surface area contributed by atoms with Crippen LogP contribution in [0, 0.1) is 5.82 Å².